The lowest BCUT2D eigenvalue weighted by atomic mass is 10.3. The van der Waals surface area contributed by atoms with Gasteiger partial charge in [-0.3, -0.25) is 0 Å². The number of ether oxygens (including phenoxy) is 1. The number of aromatic nitrogens is 2. The molecule has 0 bridgehead atoms. The molecule has 0 fully saturated rings. The standard InChI is InChI=1S/C15H22N6O.HI/c1-20(2)15-18-10-12(21(15)3)9-17-14(16)19-11-6-5-7-13(8-11)22-4;/h5-8,10H,9H2,1-4H3,(H3,16,17,19);1H. The summed E-state index contributed by atoms with van der Waals surface area (Å²) < 4.78 is 7.16. The molecule has 1 aromatic carbocycles. The Balaban J connectivity index is 0.00000264. The molecule has 0 unspecified atom stereocenters. The van der Waals surface area contributed by atoms with Gasteiger partial charge in [-0.25, -0.2) is 9.98 Å². The molecular weight excluding hydrogens is 407 g/mol. The van der Waals surface area contributed by atoms with E-state index >= 15 is 0 Å². The number of hydrogen-bond donors (Lipinski definition) is 2. The van der Waals surface area contributed by atoms with E-state index in [9.17, 15) is 0 Å². The van der Waals surface area contributed by atoms with Crippen molar-refractivity contribution in [2.24, 2.45) is 17.8 Å². The zero-order valence-electron chi connectivity index (χ0n) is 13.8. The van der Waals surface area contributed by atoms with Crippen LogP contribution in [0.15, 0.2) is 35.5 Å². The van der Waals surface area contributed by atoms with Crippen LogP contribution < -0.4 is 20.7 Å². The first-order valence-electron chi connectivity index (χ1n) is 6.90. The number of anilines is 2. The second-order valence-electron chi connectivity index (χ2n) is 5.06. The summed E-state index contributed by atoms with van der Waals surface area (Å²) in [4.78, 5) is 10.6. The van der Waals surface area contributed by atoms with Crippen LogP contribution in [-0.2, 0) is 13.6 Å². The molecular formula is C15H23IN6O. The number of methoxy groups -OCH3 is 1. The Hall–Kier alpha value is -1.97. The molecule has 0 aliphatic heterocycles. The van der Waals surface area contributed by atoms with Crippen molar-refractivity contribution in [1.29, 1.82) is 0 Å². The zero-order chi connectivity index (χ0) is 16.1. The fourth-order valence-electron chi connectivity index (χ4n) is 2.05. The van der Waals surface area contributed by atoms with Gasteiger partial charge in [0.1, 0.15) is 5.75 Å². The predicted octanol–water partition coefficient (Wildman–Crippen LogP) is 2.04. The molecule has 2 rings (SSSR count). The lowest BCUT2D eigenvalue weighted by Crippen LogP contribution is -2.22. The van der Waals surface area contributed by atoms with Gasteiger partial charge in [0.25, 0.3) is 0 Å². The third-order valence-corrected chi connectivity index (χ3v) is 3.21. The third-order valence-electron chi connectivity index (χ3n) is 3.21. The molecule has 7 nitrogen and oxygen atoms in total. The largest absolute Gasteiger partial charge is 0.497 e. The minimum Gasteiger partial charge on any atom is -0.497 e. The van der Waals surface area contributed by atoms with E-state index in [-0.39, 0.29) is 24.0 Å². The molecule has 23 heavy (non-hydrogen) atoms. The Bertz CT molecular complexity index is 668. The molecule has 2 aromatic rings. The Morgan fingerprint density at radius 1 is 1.43 bits per heavy atom. The molecule has 8 heteroatoms. The number of nitrogens with one attached hydrogen (secondary N) is 1. The average molecular weight is 430 g/mol. The van der Waals surface area contributed by atoms with Crippen LogP contribution in [0.5, 0.6) is 5.75 Å². The molecule has 0 spiro atoms. The molecule has 1 aromatic heterocycles. The lowest BCUT2D eigenvalue weighted by Gasteiger charge is -2.12. The van der Waals surface area contributed by atoms with Crippen molar-refractivity contribution in [2.75, 3.05) is 31.4 Å². The summed E-state index contributed by atoms with van der Waals surface area (Å²) in [5.74, 6) is 1.99. The number of guanidine groups is 1. The van der Waals surface area contributed by atoms with E-state index in [1.807, 2.05) is 54.9 Å². The Kier molecular flexibility index (Phi) is 7.14. The minimum absolute atomic E-state index is 0. The van der Waals surface area contributed by atoms with Crippen LogP contribution in [0.4, 0.5) is 11.6 Å². The van der Waals surface area contributed by atoms with E-state index in [2.05, 4.69) is 15.3 Å². The number of benzene rings is 1. The number of halogens is 1. The second kappa shape index (κ2) is 8.61. The van der Waals surface area contributed by atoms with Crippen molar-refractivity contribution in [3.8, 4) is 5.75 Å². The molecule has 3 N–H and O–H groups in total. The highest BCUT2D eigenvalue weighted by Crippen LogP contribution is 2.16. The van der Waals surface area contributed by atoms with E-state index in [0.29, 0.717) is 12.5 Å². The van der Waals surface area contributed by atoms with Crippen molar-refractivity contribution in [3.05, 3.63) is 36.2 Å². The van der Waals surface area contributed by atoms with Gasteiger partial charge in [0, 0.05) is 32.9 Å². The van der Waals surface area contributed by atoms with Crippen molar-refractivity contribution >= 4 is 41.6 Å². The number of nitrogens with zero attached hydrogens (tertiary/aromatic N) is 4. The molecule has 0 aliphatic rings. The van der Waals surface area contributed by atoms with Crippen molar-refractivity contribution in [3.63, 3.8) is 0 Å². The Morgan fingerprint density at radius 3 is 2.78 bits per heavy atom. The monoisotopic (exact) mass is 430 g/mol. The normalized spacial score (nSPS) is 10.9. The van der Waals surface area contributed by atoms with Crippen LogP contribution >= 0.6 is 24.0 Å². The molecule has 0 amide bonds. The van der Waals surface area contributed by atoms with Crippen LogP contribution in [0, 0.1) is 0 Å². The first kappa shape index (κ1) is 19.1. The van der Waals surface area contributed by atoms with Gasteiger partial charge in [-0.15, -0.1) is 24.0 Å². The van der Waals surface area contributed by atoms with Crippen molar-refractivity contribution in [2.45, 2.75) is 6.54 Å². The van der Waals surface area contributed by atoms with Gasteiger partial charge in [0.2, 0.25) is 5.95 Å². The van der Waals surface area contributed by atoms with E-state index in [4.69, 9.17) is 10.5 Å². The van der Waals surface area contributed by atoms with Gasteiger partial charge in [-0.1, -0.05) is 6.07 Å². The summed E-state index contributed by atoms with van der Waals surface area (Å²) in [7, 11) is 7.49. The van der Waals surface area contributed by atoms with Crippen LogP contribution in [0.25, 0.3) is 0 Å². The molecule has 0 radical (unpaired) electrons. The summed E-state index contributed by atoms with van der Waals surface area (Å²) in [5, 5.41) is 3.04. The van der Waals surface area contributed by atoms with E-state index in [1.165, 1.54) is 0 Å². The van der Waals surface area contributed by atoms with E-state index < -0.39 is 0 Å². The van der Waals surface area contributed by atoms with E-state index in [1.54, 1.807) is 13.3 Å². The van der Waals surface area contributed by atoms with Crippen LogP contribution in [0.3, 0.4) is 0 Å². The highest BCUT2D eigenvalue weighted by Gasteiger charge is 2.07. The number of rotatable bonds is 5. The van der Waals surface area contributed by atoms with Crippen molar-refractivity contribution in [1.82, 2.24) is 9.55 Å². The summed E-state index contributed by atoms with van der Waals surface area (Å²) in [6.45, 7) is 0.458. The lowest BCUT2D eigenvalue weighted by molar-refractivity contribution is 0.415. The molecule has 0 saturated carbocycles. The third kappa shape index (κ3) is 5.02. The summed E-state index contributed by atoms with van der Waals surface area (Å²) >= 11 is 0. The first-order chi connectivity index (χ1) is 10.5. The molecule has 0 atom stereocenters. The van der Waals surface area contributed by atoms with Gasteiger partial charge in [-0.05, 0) is 12.1 Å². The second-order valence-corrected chi connectivity index (χ2v) is 5.06. The topological polar surface area (TPSA) is 80.7 Å². The molecule has 0 saturated heterocycles. The van der Waals surface area contributed by atoms with Crippen LogP contribution in [0.2, 0.25) is 0 Å². The van der Waals surface area contributed by atoms with Crippen molar-refractivity contribution < 1.29 is 4.74 Å². The highest BCUT2D eigenvalue weighted by atomic mass is 127. The summed E-state index contributed by atoms with van der Waals surface area (Å²) in [6.07, 6.45) is 1.80. The van der Waals surface area contributed by atoms with Gasteiger partial charge >= 0.3 is 0 Å². The van der Waals surface area contributed by atoms with Gasteiger partial charge in [0.05, 0.1) is 25.5 Å². The quantitative estimate of drug-likeness (QED) is 0.431. The van der Waals surface area contributed by atoms with Gasteiger partial charge in [0.15, 0.2) is 5.96 Å². The molecule has 0 aliphatic carbocycles. The number of aliphatic imine (C=N–C) groups is 1. The van der Waals surface area contributed by atoms with Gasteiger partial charge in [-0.2, -0.15) is 0 Å². The first-order valence-corrected chi connectivity index (χ1v) is 6.90. The average Bonchev–Trinajstić information content (AvgIpc) is 2.86. The summed E-state index contributed by atoms with van der Waals surface area (Å²) in [6, 6.07) is 7.52. The predicted molar refractivity (Wildman–Crippen MR) is 105 cm³/mol. The number of imidazole rings is 1. The van der Waals surface area contributed by atoms with Crippen LogP contribution in [-0.4, -0.2) is 36.7 Å². The zero-order valence-corrected chi connectivity index (χ0v) is 16.1. The smallest absolute Gasteiger partial charge is 0.204 e. The Labute approximate surface area is 153 Å². The van der Waals surface area contributed by atoms with Crippen LogP contribution in [0.1, 0.15) is 5.69 Å². The molecule has 1 heterocycles. The highest BCUT2D eigenvalue weighted by molar-refractivity contribution is 14.0. The Morgan fingerprint density at radius 2 is 2.17 bits per heavy atom. The molecule has 126 valence electrons. The number of hydrogen-bond acceptors (Lipinski definition) is 4. The maximum atomic E-state index is 5.92. The minimum atomic E-state index is 0. The maximum Gasteiger partial charge on any atom is 0.204 e. The van der Waals surface area contributed by atoms with Gasteiger partial charge < -0.3 is 25.3 Å². The fraction of sp³-hybridized carbons (Fsp3) is 0.333. The summed E-state index contributed by atoms with van der Waals surface area (Å²) in [5.41, 5.74) is 7.74. The maximum absolute atomic E-state index is 5.92. The SMILES string of the molecule is COc1cccc(NC(N)=NCc2cnc(N(C)C)n2C)c1.I. The fourth-order valence-corrected chi connectivity index (χ4v) is 2.05. The number of nitrogens with two attached hydrogens (primary N) is 1. The van der Waals surface area contributed by atoms with E-state index in [0.717, 1.165) is 23.1 Å².